The van der Waals surface area contributed by atoms with Gasteiger partial charge in [-0.05, 0) is 12.5 Å². The van der Waals surface area contributed by atoms with Gasteiger partial charge in [-0.25, -0.2) is 4.79 Å². The van der Waals surface area contributed by atoms with Gasteiger partial charge in [0.05, 0.1) is 29.4 Å². The number of nitrogens with one attached hydrogen (secondary N) is 1. The van der Waals surface area contributed by atoms with Gasteiger partial charge in [-0.3, -0.25) is 4.98 Å². The number of hydrogen-bond donors (Lipinski definition) is 1. The summed E-state index contributed by atoms with van der Waals surface area (Å²) < 4.78 is 5.21. The molecular formula is C15H14N2O2. The lowest BCUT2D eigenvalue weighted by atomic mass is 10.1. The zero-order valence-corrected chi connectivity index (χ0v) is 10.6. The van der Waals surface area contributed by atoms with E-state index >= 15 is 0 Å². The Hall–Kier alpha value is -2.36. The molecule has 0 fully saturated rings. The molecule has 0 aliphatic rings. The highest BCUT2D eigenvalue weighted by atomic mass is 16.5. The van der Waals surface area contributed by atoms with Crippen LogP contribution in [0.25, 0.3) is 21.8 Å². The second-order valence-corrected chi connectivity index (χ2v) is 4.40. The first-order valence-electron chi connectivity index (χ1n) is 6.33. The van der Waals surface area contributed by atoms with Crippen LogP contribution in [0.3, 0.4) is 0 Å². The topological polar surface area (TPSA) is 55.0 Å². The van der Waals surface area contributed by atoms with Crippen LogP contribution in [0.1, 0.15) is 23.7 Å². The van der Waals surface area contributed by atoms with E-state index in [9.17, 15) is 4.79 Å². The number of carbonyl (C=O) groups is 1. The summed E-state index contributed by atoms with van der Waals surface area (Å²) in [7, 11) is 0. The molecule has 1 aromatic carbocycles. The Morgan fingerprint density at radius 2 is 2.21 bits per heavy atom. The van der Waals surface area contributed by atoms with Crippen molar-refractivity contribution in [2.45, 2.75) is 13.3 Å². The molecule has 0 saturated carbocycles. The predicted octanol–water partition coefficient (Wildman–Crippen LogP) is 3.28. The molecule has 96 valence electrons. The summed E-state index contributed by atoms with van der Waals surface area (Å²) in [5.41, 5.74) is 2.29. The van der Waals surface area contributed by atoms with Gasteiger partial charge in [0.25, 0.3) is 0 Å². The van der Waals surface area contributed by atoms with Gasteiger partial charge in [0, 0.05) is 17.0 Å². The van der Waals surface area contributed by atoms with E-state index in [1.165, 1.54) is 0 Å². The van der Waals surface area contributed by atoms with E-state index in [2.05, 4.69) is 9.97 Å². The minimum atomic E-state index is -0.288. The number of benzene rings is 1. The summed E-state index contributed by atoms with van der Waals surface area (Å²) >= 11 is 0. The number of nitrogens with zero attached hydrogens (tertiary/aromatic N) is 1. The van der Waals surface area contributed by atoms with Gasteiger partial charge < -0.3 is 9.72 Å². The van der Waals surface area contributed by atoms with Gasteiger partial charge in [0.1, 0.15) is 0 Å². The number of para-hydroxylation sites is 1. The van der Waals surface area contributed by atoms with Crippen LogP contribution in [0.4, 0.5) is 0 Å². The van der Waals surface area contributed by atoms with Gasteiger partial charge in [0.15, 0.2) is 0 Å². The number of fused-ring (bicyclic) bond motifs is 3. The van der Waals surface area contributed by atoms with Crippen LogP contribution in [-0.2, 0) is 4.74 Å². The van der Waals surface area contributed by atoms with Crippen molar-refractivity contribution in [2.75, 3.05) is 6.61 Å². The number of pyridine rings is 1. The number of aromatic amines is 1. The fourth-order valence-corrected chi connectivity index (χ4v) is 2.20. The predicted molar refractivity (Wildman–Crippen MR) is 74.2 cm³/mol. The molecule has 19 heavy (non-hydrogen) atoms. The number of esters is 1. The van der Waals surface area contributed by atoms with E-state index in [4.69, 9.17) is 4.74 Å². The Morgan fingerprint density at radius 1 is 1.37 bits per heavy atom. The minimum Gasteiger partial charge on any atom is -0.462 e. The second-order valence-electron chi connectivity index (χ2n) is 4.40. The van der Waals surface area contributed by atoms with Crippen molar-refractivity contribution in [2.24, 2.45) is 0 Å². The van der Waals surface area contributed by atoms with E-state index in [0.29, 0.717) is 12.2 Å². The Morgan fingerprint density at radius 3 is 3.05 bits per heavy atom. The number of aromatic nitrogens is 2. The van der Waals surface area contributed by atoms with Crippen molar-refractivity contribution >= 4 is 27.8 Å². The largest absolute Gasteiger partial charge is 0.462 e. The van der Waals surface area contributed by atoms with Crippen LogP contribution < -0.4 is 0 Å². The number of hydrogen-bond acceptors (Lipinski definition) is 3. The van der Waals surface area contributed by atoms with Crippen LogP contribution in [-0.4, -0.2) is 22.5 Å². The molecule has 0 radical (unpaired) electrons. The average Bonchev–Trinajstić information content (AvgIpc) is 2.89. The Balaban J connectivity index is 2.20. The molecule has 0 saturated heterocycles. The van der Waals surface area contributed by atoms with Crippen LogP contribution >= 0.6 is 0 Å². The molecule has 0 atom stereocenters. The van der Waals surface area contributed by atoms with Crippen molar-refractivity contribution in [3.05, 3.63) is 42.2 Å². The van der Waals surface area contributed by atoms with Gasteiger partial charge in [0.2, 0.25) is 0 Å². The van der Waals surface area contributed by atoms with Crippen molar-refractivity contribution in [1.82, 2.24) is 9.97 Å². The number of carbonyl (C=O) groups excluding carboxylic acids is 1. The molecule has 1 N–H and O–H groups in total. The highest BCUT2D eigenvalue weighted by Crippen LogP contribution is 2.26. The third-order valence-corrected chi connectivity index (χ3v) is 3.07. The first-order valence-corrected chi connectivity index (χ1v) is 6.33. The first kappa shape index (κ1) is 11.7. The van der Waals surface area contributed by atoms with E-state index < -0.39 is 0 Å². The van der Waals surface area contributed by atoms with E-state index in [0.717, 1.165) is 28.2 Å². The van der Waals surface area contributed by atoms with Gasteiger partial charge in [-0.1, -0.05) is 25.1 Å². The normalized spacial score (nSPS) is 11.0. The SMILES string of the molecule is CCCOC(=O)c1c[nH]c2cnc3ccccc3c12. The van der Waals surface area contributed by atoms with E-state index in [1.54, 1.807) is 12.4 Å². The molecule has 0 bridgehead atoms. The zero-order chi connectivity index (χ0) is 13.2. The Kier molecular flexibility index (Phi) is 2.91. The van der Waals surface area contributed by atoms with Gasteiger partial charge in [-0.2, -0.15) is 0 Å². The maximum Gasteiger partial charge on any atom is 0.340 e. The lowest BCUT2D eigenvalue weighted by Gasteiger charge is -2.03. The average molecular weight is 254 g/mol. The molecule has 0 aliphatic heterocycles. The van der Waals surface area contributed by atoms with Crippen LogP contribution in [0, 0.1) is 0 Å². The Labute approximate surface area is 110 Å². The number of H-pyrrole nitrogens is 1. The second kappa shape index (κ2) is 4.72. The monoisotopic (exact) mass is 254 g/mol. The van der Waals surface area contributed by atoms with Gasteiger partial charge >= 0.3 is 5.97 Å². The molecule has 0 spiro atoms. The summed E-state index contributed by atoms with van der Waals surface area (Å²) in [5.74, 6) is -0.288. The molecule has 4 heteroatoms. The fraction of sp³-hybridized carbons (Fsp3) is 0.200. The zero-order valence-electron chi connectivity index (χ0n) is 10.6. The molecule has 0 amide bonds. The number of rotatable bonds is 3. The summed E-state index contributed by atoms with van der Waals surface area (Å²) in [4.78, 5) is 19.5. The fourth-order valence-electron chi connectivity index (χ4n) is 2.20. The van der Waals surface area contributed by atoms with E-state index in [-0.39, 0.29) is 5.97 Å². The van der Waals surface area contributed by atoms with Crippen LogP contribution in [0.5, 0.6) is 0 Å². The number of ether oxygens (including phenoxy) is 1. The molecule has 0 unspecified atom stereocenters. The molecule has 2 heterocycles. The maximum atomic E-state index is 12.1. The summed E-state index contributed by atoms with van der Waals surface area (Å²) in [6.07, 6.45) is 4.25. The lowest BCUT2D eigenvalue weighted by Crippen LogP contribution is -2.05. The van der Waals surface area contributed by atoms with Crippen molar-refractivity contribution in [1.29, 1.82) is 0 Å². The maximum absolute atomic E-state index is 12.1. The Bertz CT molecular complexity index is 746. The minimum absolute atomic E-state index is 0.288. The lowest BCUT2D eigenvalue weighted by molar-refractivity contribution is 0.0507. The van der Waals surface area contributed by atoms with E-state index in [1.807, 2.05) is 31.2 Å². The molecule has 2 aromatic heterocycles. The van der Waals surface area contributed by atoms with Gasteiger partial charge in [-0.15, -0.1) is 0 Å². The molecule has 3 aromatic rings. The summed E-state index contributed by atoms with van der Waals surface area (Å²) in [5, 5.41) is 1.84. The van der Waals surface area contributed by atoms with Crippen LogP contribution in [0.2, 0.25) is 0 Å². The summed E-state index contributed by atoms with van der Waals surface area (Å²) in [6.45, 7) is 2.41. The molecular weight excluding hydrogens is 240 g/mol. The first-order chi connectivity index (χ1) is 9.31. The summed E-state index contributed by atoms with van der Waals surface area (Å²) in [6, 6.07) is 7.78. The third-order valence-electron chi connectivity index (χ3n) is 3.07. The highest BCUT2D eigenvalue weighted by molar-refractivity contribution is 6.14. The highest BCUT2D eigenvalue weighted by Gasteiger charge is 2.15. The van der Waals surface area contributed by atoms with Crippen molar-refractivity contribution < 1.29 is 9.53 Å². The molecule has 0 aliphatic carbocycles. The van der Waals surface area contributed by atoms with Crippen molar-refractivity contribution in [3.8, 4) is 0 Å². The third kappa shape index (κ3) is 1.95. The standard InChI is InChI=1S/C15H14N2O2/c1-2-7-19-15(18)11-8-16-13-9-17-12-6-4-3-5-10(12)14(11)13/h3-6,8-9,16H,2,7H2,1H3. The van der Waals surface area contributed by atoms with Crippen molar-refractivity contribution in [3.63, 3.8) is 0 Å². The smallest absolute Gasteiger partial charge is 0.340 e. The molecule has 3 rings (SSSR count). The van der Waals surface area contributed by atoms with Crippen LogP contribution in [0.15, 0.2) is 36.7 Å². The molecule has 4 nitrogen and oxygen atoms in total. The quantitative estimate of drug-likeness (QED) is 0.730.